The minimum absolute atomic E-state index is 0.0957. The molecule has 4 rings (SSSR count). The average molecular weight is 421 g/mol. The Labute approximate surface area is 167 Å². The number of benzene rings is 1. The van der Waals surface area contributed by atoms with Gasteiger partial charge in [0.05, 0.1) is 16.3 Å². The van der Waals surface area contributed by atoms with Crippen LogP contribution in [0.2, 0.25) is 0 Å². The zero-order valence-corrected chi connectivity index (χ0v) is 16.6. The second-order valence-electron chi connectivity index (χ2n) is 6.64. The molecule has 0 fully saturated rings. The lowest BCUT2D eigenvalue weighted by molar-refractivity contribution is -0.115. The highest BCUT2D eigenvalue weighted by atomic mass is 32.2. The maximum atomic E-state index is 13.7. The zero-order valence-electron chi connectivity index (χ0n) is 15.0. The number of nitrogens with zero attached hydrogens (tertiary/aromatic N) is 1. The number of carbonyl (C=O) groups excluding carboxylic acids is 1. The number of hydrogen-bond acceptors (Lipinski definition) is 5. The molecule has 1 aliphatic carbocycles. The monoisotopic (exact) mass is 421 g/mol. The van der Waals surface area contributed by atoms with Crippen molar-refractivity contribution in [3.63, 3.8) is 0 Å². The summed E-state index contributed by atoms with van der Waals surface area (Å²) in [4.78, 5) is 34.1. The first-order valence-corrected chi connectivity index (χ1v) is 10.6. The van der Waals surface area contributed by atoms with E-state index < -0.39 is 22.8 Å². The minimum Gasteiger partial charge on any atom is -0.323 e. The third-order valence-corrected chi connectivity index (χ3v) is 6.82. The van der Waals surface area contributed by atoms with Crippen LogP contribution in [0, 0.1) is 11.6 Å². The van der Waals surface area contributed by atoms with Crippen molar-refractivity contribution in [2.45, 2.75) is 43.0 Å². The number of carbonyl (C=O) groups is 1. The number of amides is 1. The van der Waals surface area contributed by atoms with E-state index in [-0.39, 0.29) is 11.2 Å². The first-order valence-electron chi connectivity index (χ1n) is 8.89. The van der Waals surface area contributed by atoms with Crippen LogP contribution in [0.25, 0.3) is 10.2 Å². The Balaban J connectivity index is 1.54. The Bertz CT molecular complexity index is 1130. The molecule has 1 atom stereocenters. The number of H-pyrrole nitrogens is 1. The molecule has 0 saturated carbocycles. The first kappa shape index (κ1) is 19.1. The maximum absolute atomic E-state index is 13.7. The molecule has 1 aromatic carbocycles. The largest absolute Gasteiger partial charge is 0.323 e. The van der Waals surface area contributed by atoms with E-state index >= 15 is 0 Å². The van der Waals surface area contributed by atoms with E-state index in [1.54, 1.807) is 6.92 Å². The number of thioether (sulfide) groups is 1. The zero-order chi connectivity index (χ0) is 19.8. The molecule has 28 heavy (non-hydrogen) atoms. The Hall–Kier alpha value is -2.26. The lowest BCUT2D eigenvalue weighted by Crippen LogP contribution is -2.23. The highest BCUT2D eigenvalue weighted by molar-refractivity contribution is 8.00. The summed E-state index contributed by atoms with van der Waals surface area (Å²) >= 11 is 2.63. The van der Waals surface area contributed by atoms with Gasteiger partial charge in [0.1, 0.15) is 16.5 Å². The molecule has 5 nitrogen and oxygen atoms in total. The van der Waals surface area contributed by atoms with Gasteiger partial charge < -0.3 is 10.3 Å². The fourth-order valence-electron chi connectivity index (χ4n) is 3.25. The SMILES string of the molecule is CC(Sc1nc2sc3c(c2c(=O)[nH]1)CCCC3)C(=O)Nc1ccc(F)cc1F. The summed E-state index contributed by atoms with van der Waals surface area (Å²) in [6, 6.07) is 2.95. The highest BCUT2D eigenvalue weighted by Gasteiger charge is 2.22. The van der Waals surface area contributed by atoms with Gasteiger partial charge in [0, 0.05) is 10.9 Å². The fraction of sp³-hybridized carbons (Fsp3) is 0.316. The van der Waals surface area contributed by atoms with E-state index in [4.69, 9.17) is 0 Å². The van der Waals surface area contributed by atoms with Gasteiger partial charge in [-0.2, -0.15) is 0 Å². The lowest BCUT2D eigenvalue weighted by atomic mass is 9.97. The van der Waals surface area contributed by atoms with Crippen LogP contribution >= 0.6 is 23.1 Å². The molecule has 1 amide bonds. The fourth-order valence-corrected chi connectivity index (χ4v) is 5.36. The predicted octanol–water partition coefficient (Wildman–Crippen LogP) is 4.26. The van der Waals surface area contributed by atoms with Crippen molar-refractivity contribution in [3.8, 4) is 0 Å². The van der Waals surface area contributed by atoms with Gasteiger partial charge in [0.25, 0.3) is 5.56 Å². The van der Waals surface area contributed by atoms with Gasteiger partial charge >= 0.3 is 0 Å². The first-order chi connectivity index (χ1) is 13.4. The number of fused-ring (bicyclic) bond motifs is 3. The van der Waals surface area contributed by atoms with Crippen LogP contribution in [-0.4, -0.2) is 21.1 Å². The van der Waals surface area contributed by atoms with Crippen molar-refractivity contribution in [1.82, 2.24) is 9.97 Å². The third kappa shape index (κ3) is 3.68. The van der Waals surface area contributed by atoms with Gasteiger partial charge in [-0.05, 0) is 50.3 Å². The molecule has 0 bridgehead atoms. The number of anilines is 1. The van der Waals surface area contributed by atoms with Crippen LogP contribution in [0.4, 0.5) is 14.5 Å². The normalized spacial score (nSPS) is 14.7. The number of hydrogen-bond donors (Lipinski definition) is 2. The average Bonchev–Trinajstić information content (AvgIpc) is 3.02. The van der Waals surface area contributed by atoms with Gasteiger partial charge in [-0.1, -0.05) is 11.8 Å². The van der Waals surface area contributed by atoms with Crippen LogP contribution in [0.15, 0.2) is 28.2 Å². The molecule has 0 radical (unpaired) electrons. The molecular weight excluding hydrogens is 404 g/mol. The third-order valence-electron chi connectivity index (χ3n) is 4.65. The van der Waals surface area contributed by atoms with E-state index in [0.29, 0.717) is 21.4 Å². The van der Waals surface area contributed by atoms with Crippen LogP contribution < -0.4 is 10.9 Å². The van der Waals surface area contributed by atoms with Crippen molar-refractivity contribution < 1.29 is 13.6 Å². The Morgan fingerprint density at radius 1 is 1.32 bits per heavy atom. The number of nitrogens with one attached hydrogen (secondary N) is 2. The molecule has 1 aliphatic rings. The van der Waals surface area contributed by atoms with Crippen LogP contribution in [0.1, 0.15) is 30.2 Å². The Kier molecular flexibility index (Phi) is 5.20. The van der Waals surface area contributed by atoms with Gasteiger partial charge in [0.15, 0.2) is 5.16 Å². The molecule has 2 aromatic heterocycles. The standard InChI is InChI=1S/C19H17F2N3O2S2/c1-9(16(25)22-13-7-6-10(20)8-12(13)21)27-19-23-17(26)15-11-4-2-3-5-14(11)28-18(15)24-19/h6-9H,2-5H2,1H3,(H,22,25)(H,23,24,26). The molecule has 0 spiro atoms. The molecule has 3 aromatic rings. The summed E-state index contributed by atoms with van der Waals surface area (Å²) in [5.74, 6) is -2.03. The molecule has 0 saturated heterocycles. The van der Waals surface area contributed by atoms with Crippen molar-refractivity contribution in [2.24, 2.45) is 0 Å². The van der Waals surface area contributed by atoms with Gasteiger partial charge in [-0.25, -0.2) is 13.8 Å². The van der Waals surface area contributed by atoms with Gasteiger partial charge in [-0.15, -0.1) is 11.3 Å². The maximum Gasteiger partial charge on any atom is 0.260 e. The number of thiophene rings is 1. The number of aromatic amines is 1. The van der Waals surface area contributed by atoms with E-state index in [1.807, 2.05) is 0 Å². The van der Waals surface area contributed by atoms with Crippen LogP contribution in [0.5, 0.6) is 0 Å². The van der Waals surface area contributed by atoms with E-state index in [9.17, 15) is 18.4 Å². The van der Waals surface area contributed by atoms with Crippen LogP contribution in [-0.2, 0) is 17.6 Å². The molecule has 9 heteroatoms. The second-order valence-corrected chi connectivity index (χ2v) is 9.05. The minimum atomic E-state index is -0.845. The summed E-state index contributed by atoms with van der Waals surface area (Å²) < 4.78 is 26.7. The highest BCUT2D eigenvalue weighted by Crippen LogP contribution is 2.34. The number of aromatic nitrogens is 2. The lowest BCUT2D eigenvalue weighted by Gasteiger charge is -2.12. The van der Waals surface area contributed by atoms with E-state index in [0.717, 1.165) is 49.1 Å². The van der Waals surface area contributed by atoms with Crippen molar-refractivity contribution in [2.75, 3.05) is 5.32 Å². The molecule has 146 valence electrons. The quantitative estimate of drug-likeness (QED) is 0.488. The van der Waals surface area contributed by atoms with Crippen LogP contribution in [0.3, 0.4) is 0 Å². The molecule has 2 heterocycles. The smallest absolute Gasteiger partial charge is 0.260 e. The molecule has 1 unspecified atom stereocenters. The van der Waals surface area contributed by atoms with E-state index in [1.165, 1.54) is 22.3 Å². The second kappa shape index (κ2) is 7.63. The summed E-state index contributed by atoms with van der Waals surface area (Å²) in [6.45, 7) is 1.63. The number of halogens is 2. The molecular formula is C19H17F2N3O2S2. The summed E-state index contributed by atoms with van der Waals surface area (Å²) in [5.41, 5.74) is 0.819. The van der Waals surface area contributed by atoms with Gasteiger partial charge in [-0.3, -0.25) is 9.59 Å². The van der Waals surface area contributed by atoms with Crippen molar-refractivity contribution in [3.05, 3.63) is 50.6 Å². The summed E-state index contributed by atoms with van der Waals surface area (Å²) in [7, 11) is 0. The summed E-state index contributed by atoms with van der Waals surface area (Å²) in [5, 5.41) is 2.80. The van der Waals surface area contributed by atoms with E-state index in [2.05, 4.69) is 15.3 Å². The molecule has 0 aliphatic heterocycles. The van der Waals surface area contributed by atoms with Gasteiger partial charge in [0.2, 0.25) is 5.91 Å². The Morgan fingerprint density at radius 2 is 2.11 bits per heavy atom. The topological polar surface area (TPSA) is 74.8 Å². The predicted molar refractivity (Wildman–Crippen MR) is 107 cm³/mol. The molecule has 2 N–H and O–H groups in total. The van der Waals surface area contributed by atoms with Crippen molar-refractivity contribution in [1.29, 1.82) is 0 Å². The number of aryl methyl sites for hydroxylation is 2. The van der Waals surface area contributed by atoms with Crippen molar-refractivity contribution >= 4 is 44.9 Å². The number of rotatable bonds is 4. The Morgan fingerprint density at radius 3 is 2.89 bits per heavy atom. The summed E-state index contributed by atoms with van der Waals surface area (Å²) in [6.07, 6.45) is 4.07.